The fraction of sp³-hybridized carbons (Fsp3) is 0.263. The molecule has 1 amide bonds. The van der Waals surface area contributed by atoms with Gasteiger partial charge in [-0.15, -0.1) is 0 Å². The van der Waals surface area contributed by atoms with E-state index in [-0.39, 0.29) is 24.1 Å². The lowest BCUT2D eigenvalue weighted by Gasteiger charge is -2.18. The fourth-order valence-corrected chi connectivity index (χ4v) is 2.79. The average Bonchev–Trinajstić information content (AvgIpc) is 2.96. The molecule has 0 unspecified atom stereocenters. The molecule has 0 aliphatic heterocycles. The van der Waals surface area contributed by atoms with Crippen molar-refractivity contribution in [2.24, 2.45) is 0 Å². The second kappa shape index (κ2) is 6.83. The van der Waals surface area contributed by atoms with Crippen molar-refractivity contribution >= 4 is 11.7 Å². The van der Waals surface area contributed by atoms with Crippen LogP contribution in [0.15, 0.2) is 42.5 Å². The summed E-state index contributed by atoms with van der Waals surface area (Å²) >= 11 is 0. The first-order valence-electron chi connectivity index (χ1n) is 7.81. The Kier molecular flexibility index (Phi) is 4.60. The molecule has 4 nitrogen and oxygen atoms in total. The molecule has 0 saturated carbocycles. The van der Waals surface area contributed by atoms with Gasteiger partial charge >= 0.3 is 0 Å². The number of carbonyl (C=O) groups excluding carboxylic acids is 2. The monoisotopic (exact) mass is 327 g/mol. The Labute approximate surface area is 139 Å². The molecule has 0 aromatic heterocycles. The minimum absolute atomic E-state index is 0.0949. The lowest BCUT2D eigenvalue weighted by atomic mass is 10.1. The van der Waals surface area contributed by atoms with Crippen molar-refractivity contribution in [1.82, 2.24) is 4.90 Å². The van der Waals surface area contributed by atoms with Crippen LogP contribution in [0.2, 0.25) is 0 Å². The number of benzene rings is 2. The normalized spacial score (nSPS) is 12.8. The van der Waals surface area contributed by atoms with Gasteiger partial charge in [0, 0.05) is 31.1 Å². The number of amides is 1. The van der Waals surface area contributed by atoms with Crippen molar-refractivity contribution in [1.29, 1.82) is 0 Å². The maximum atomic E-state index is 12.9. The van der Waals surface area contributed by atoms with E-state index in [1.807, 2.05) is 0 Å². The summed E-state index contributed by atoms with van der Waals surface area (Å²) in [7, 11) is 1.67. The van der Waals surface area contributed by atoms with E-state index in [0.29, 0.717) is 30.7 Å². The number of halogens is 1. The van der Waals surface area contributed by atoms with Gasteiger partial charge in [0.05, 0.1) is 0 Å². The molecule has 24 heavy (non-hydrogen) atoms. The van der Waals surface area contributed by atoms with Gasteiger partial charge in [-0.1, -0.05) is 24.3 Å². The molecule has 0 bridgehead atoms. The predicted molar refractivity (Wildman–Crippen MR) is 87.5 cm³/mol. The highest BCUT2D eigenvalue weighted by Gasteiger charge is 2.23. The molecule has 0 spiro atoms. The topological polar surface area (TPSA) is 46.6 Å². The lowest BCUT2D eigenvalue weighted by molar-refractivity contribution is -0.132. The Balaban J connectivity index is 1.59. The number of hydrogen-bond donors (Lipinski definition) is 0. The van der Waals surface area contributed by atoms with Gasteiger partial charge < -0.3 is 9.64 Å². The third-order valence-electron chi connectivity index (χ3n) is 4.15. The average molecular weight is 327 g/mol. The Morgan fingerprint density at radius 2 is 1.92 bits per heavy atom. The predicted octanol–water partition coefficient (Wildman–Crippen LogP) is 2.99. The fourth-order valence-electron chi connectivity index (χ4n) is 2.79. The Bertz CT molecular complexity index is 771. The minimum Gasteiger partial charge on any atom is -0.483 e. The summed E-state index contributed by atoms with van der Waals surface area (Å²) in [5.41, 5.74) is 2.43. The summed E-state index contributed by atoms with van der Waals surface area (Å²) < 4.78 is 18.5. The van der Waals surface area contributed by atoms with E-state index in [1.165, 1.54) is 17.0 Å². The molecule has 0 atom stereocenters. The second-order valence-electron chi connectivity index (χ2n) is 5.87. The molecule has 3 rings (SSSR count). The Hall–Kier alpha value is -2.69. The molecule has 0 fully saturated rings. The van der Waals surface area contributed by atoms with Crippen LogP contribution in [-0.4, -0.2) is 30.2 Å². The van der Waals surface area contributed by atoms with Gasteiger partial charge in [-0.05, 0) is 30.2 Å². The molecular weight excluding hydrogens is 309 g/mol. The van der Waals surface area contributed by atoms with Gasteiger partial charge in [-0.25, -0.2) is 4.39 Å². The highest BCUT2D eigenvalue weighted by Crippen LogP contribution is 2.30. The van der Waals surface area contributed by atoms with Crippen LogP contribution in [0.4, 0.5) is 4.39 Å². The molecular formula is C19H18FNO3. The summed E-state index contributed by atoms with van der Waals surface area (Å²) in [5.74, 6) is 0.238. The van der Waals surface area contributed by atoms with E-state index in [4.69, 9.17) is 4.74 Å². The van der Waals surface area contributed by atoms with Gasteiger partial charge in [0.1, 0.15) is 11.6 Å². The second-order valence-corrected chi connectivity index (χ2v) is 5.87. The number of fused-ring (bicyclic) bond motifs is 1. The number of ether oxygens (including phenoxy) is 1. The zero-order valence-electron chi connectivity index (χ0n) is 13.4. The van der Waals surface area contributed by atoms with Gasteiger partial charge in [0.15, 0.2) is 12.4 Å². The molecule has 0 N–H and O–H groups in total. The molecule has 1 aliphatic rings. The Morgan fingerprint density at radius 1 is 1.17 bits per heavy atom. The van der Waals surface area contributed by atoms with Crippen LogP contribution in [0, 0.1) is 5.82 Å². The molecule has 0 heterocycles. The lowest BCUT2D eigenvalue weighted by Crippen LogP contribution is -2.31. The van der Waals surface area contributed by atoms with E-state index >= 15 is 0 Å². The summed E-state index contributed by atoms with van der Waals surface area (Å²) in [5, 5.41) is 0. The number of nitrogens with zero attached hydrogens (tertiary/aromatic N) is 1. The molecule has 124 valence electrons. The van der Waals surface area contributed by atoms with Crippen LogP contribution in [-0.2, 0) is 17.8 Å². The zero-order valence-corrected chi connectivity index (χ0v) is 13.4. The first-order valence-corrected chi connectivity index (χ1v) is 7.81. The van der Waals surface area contributed by atoms with E-state index in [9.17, 15) is 14.0 Å². The SMILES string of the molecule is CN(Cc1ccc(F)cc1)C(=O)COc1cccc2c1CCC2=O. The van der Waals surface area contributed by atoms with Crippen molar-refractivity contribution in [2.75, 3.05) is 13.7 Å². The number of ketones is 1. The van der Waals surface area contributed by atoms with Crippen molar-refractivity contribution in [3.8, 4) is 5.75 Å². The highest BCUT2D eigenvalue weighted by molar-refractivity contribution is 6.01. The quantitative estimate of drug-likeness (QED) is 0.848. The third-order valence-corrected chi connectivity index (χ3v) is 4.15. The van der Waals surface area contributed by atoms with Crippen molar-refractivity contribution in [2.45, 2.75) is 19.4 Å². The van der Waals surface area contributed by atoms with E-state index < -0.39 is 0 Å². The van der Waals surface area contributed by atoms with Crippen LogP contribution in [0.25, 0.3) is 0 Å². The van der Waals surface area contributed by atoms with Crippen molar-refractivity contribution in [3.63, 3.8) is 0 Å². The smallest absolute Gasteiger partial charge is 0.260 e. The van der Waals surface area contributed by atoms with Crippen LogP contribution in [0.5, 0.6) is 5.75 Å². The number of likely N-dealkylation sites (N-methyl/N-ethyl adjacent to an activating group) is 1. The van der Waals surface area contributed by atoms with Crippen molar-refractivity contribution in [3.05, 3.63) is 65.0 Å². The Morgan fingerprint density at radius 3 is 2.67 bits per heavy atom. The number of Topliss-reactive ketones (excluding diaryl/α,β-unsaturated/α-hetero) is 1. The van der Waals surface area contributed by atoms with Gasteiger partial charge in [0.25, 0.3) is 5.91 Å². The molecule has 2 aromatic rings. The minimum atomic E-state index is -0.302. The summed E-state index contributed by atoms with van der Waals surface area (Å²) in [6.45, 7) is 0.288. The first-order chi connectivity index (χ1) is 11.5. The maximum absolute atomic E-state index is 12.9. The number of hydrogen-bond acceptors (Lipinski definition) is 3. The summed E-state index contributed by atoms with van der Waals surface area (Å²) in [6, 6.07) is 11.4. The van der Waals surface area contributed by atoms with E-state index in [2.05, 4.69) is 0 Å². The molecule has 5 heteroatoms. The van der Waals surface area contributed by atoms with Crippen LogP contribution >= 0.6 is 0 Å². The first kappa shape index (κ1) is 16.2. The summed E-state index contributed by atoms with van der Waals surface area (Å²) in [4.78, 5) is 25.5. The number of carbonyl (C=O) groups is 2. The summed E-state index contributed by atoms with van der Waals surface area (Å²) in [6.07, 6.45) is 1.15. The molecule has 0 saturated heterocycles. The van der Waals surface area contributed by atoms with E-state index in [1.54, 1.807) is 37.4 Å². The van der Waals surface area contributed by atoms with Gasteiger partial charge in [-0.3, -0.25) is 9.59 Å². The van der Waals surface area contributed by atoms with Crippen LogP contribution < -0.4 is 4.74 Å². The standard InChI is InChI=1S/C19H18FNO3/c1-21(11-13-5-7-14(20)8-6-13)19(23)12-24-18-4-2-3-15-16(18)9-10-17(15)22/h2-8H,9-12H2,1H3. The van der Waals surface area contributed by atoms with Crippen LogP contribution in [0.1, 0.15) is 27.9 Å². The number of rotatable bonds is 5. The molecule has 2 aromatic carbocycles. The highest BCUT2D eigenvalue weighted by atomic mass is 19.1. The molecule has 0 radical (unpaired) electrons. The third kappa shape index (κ3) is 3.45. The zero-order chi connectivity index (χ0) is 17.1. The van der Waals surface area contributed by atoms with Crippen molar-refractivity contribution < 1.29 is 18.7 Å². The maximum Gasteiger partial charge on any atom is 0.260 e. The molecule has 1 aliphatic carbocycles. The van der Waals surface area contributed by atoms with Gasteiger partial charge in [-0.2, -0.15) is 0 Å². The van der Waals surface area contributed by atoms with Gasteiger partial charge in [0.2, 0.25) is 0 Å². The van der Waals surface area contributed by atoms with Crippen LogP contribution in [0.3, 0.4) is 0 Å². The largest absolute Gasteiger partial charge is 0.483 e. The van der Waals surface area contributed by atoms with E-state index in [0.717, 1.165) is 11.1 Å².